The Balaban J connectivity index is 1.81. The minimum atomic E-state index is -0.0135. The fourth-order valence-corrected chi connectivity index (χ4v) is 2.49. The Kier molecular flexibility index (Phi) is 4.18. The summed E-state index contributed by atoms with van der Waals surface area (Å²) in [5.74, 6) is 0.779. The van der Waals surface area contributed by atoms with E-state index in [4.69, 9.17) is 4.74 Å². The normalized spacial score (nSPS) is 24.3. The highest BCUT2D eigenvalue weighted by molar-refractivity contribution is 5.72. The van der Waals surface area contributed by atoms with Crippen LogP contribution in [-0.2, 0) is 16.1 Å². The summed E-state index contributed by atoms with van der Waals surface area (Å²) < 4.78 is 5.38. The van der Waals surface area contributed by atoms with E-state index in [1.807, 2.05) is 30.3 Å². The molecule has 0 heterocycles. The van der Waals surface area contributed by atoms with Crippen LogP contribution in [0.4, 0.5) is 0 Å². The van der Waals surface area contributed by atoms with Gasteiger partial charge in [0, 0.05) is 0 Å². The molecule has 2 atom stereocenters. The molecule has 17 heavy (non-hydrogen) atoms. The highest BCUT2D eigenvalue weighted by atomic mass is 16.5. The fourth-order valence-electron chi connectivity index (χ4n) is 2.49. The number of rotatable bonds is 3. The second-order valence-corrected chi connectivity index (χ2v) is 5.06. The minimum Gasteiger partial charge on any atom is -0.461 e. The van der Waals surface area contributed by atoms with E-state index in [0.29, 0.717) is 12.5 Å². The lowest BCUT2D eigenvalue weighted by Gasteiger charge is -2.25. The maximum atomic E-state index is 11.9. The third-order valence-corrected chi connectivity index (χ3v) is 3.49. The Bertz CT molecular complexity index is 358. The zero-order valence-corrected chi connectivity index (χ0v) is 10.4. The first kappa shape index (κ1) is 12.2. The van der Waals surface area contributed by atoms with Crippen LogP contribution >= 0.6 is 0 Å². The summed E-state index contributed by atoms with van der Waals surface area (Å²) in [6.07, 6.45) is 4.40. The van der Waals surface area contributed by atoms with Gasteiger partial charge in [-0.05, 0) is 24.3 Å². The number of carbonyl (C=O) groups excluding carboxylic acids is 1. The number of hydrogen-bond donors (Lipinski definition) is 0. The quantitative estimate of drug-likeness (QED) is 0.745. The van der Waals surface area contributed by atoms with Crippen molar-refractivity contribution in [3.8, 4) is 0 Å². The van der Waals surface area contributed by atoms with Gasteiger partial charge in [0.05, 0.1) is 5.92 Å². The van der Waals surface area contributed by atoms with Gasteiger partial charge in [-0.1, -0.05) is 50.1 Å². The maximum Gasteiger partial charge on any atom is 0.309 e. The molecule has 0 aromatic heterocycles. The van der Waals surface area contributed by atoms with Crippen LogP contribution in [-0.4, -0.2) is 5.97 Å². The molecule has 92 valence electrons. The lowest BCUT2D eigenvalue weighted by Crippen LogP contribution is -2.23. The zero-order valence-electron chi connectivity index (χ0n) is 10.4. The average Bonchev–Trinajstić information content (AvgIpc) is 2.37. The van der Waals surface area contributed by atoms with Crippen molar-refractivity contribution in [3.63, 3.8) is 0 Å². The Hall–Kier alpha value is -1.31. The number of carbonyl (C=O) groups is 1. The number of benzene rings is 1. The van der Waals surface area contributed by atoms with Gasteiger partial charge in [0.1, 0.15) is 6.61 Å². The van der Waals surface area contributed by atoms with Crippen molar-refractivity contribution in [2.75, 3.05) is 0 Å². The highest BCUT2D eigenvalue weighted by Gasteiger charge is 2.26. The molecule has 1 aliphatic carbocycles. The van der Waals surface area contributed by atoms with E-state index in [-0.39, 0.29) is 11.9 Å². The summed E-state index contributed by atoms with van der Waals surface area (Å²) in [5, 5.41) is 0. The Labute approximate surface area is 103 Å². The first-order valence-electron chi connectivity index (χ1n) is 6.46. The topological polar surface area (TPSA) is 26.3 Å². The van der Waals surface area contributed by atoms with Gasteiger partial charge >= 0.3 is 5.97 Å². The van der Waals surface area contributed by atoms with Crippen molar-refractivity contribution in [3.05, 3.63) is 35.9 Å². The molecule has 2 rings (SSSR count). The third-order valence-electron chi connectivity index (χ3n) is 3.49. The fraction of sp³-hybridized carbons (Fsp3) is 0.533. The Morgan fingerprint density at radius 2 is 2.06 bits per heavy atom. The van der Waals surface area contributed by atoms with E-state index in [9.17, 15) is 4.79 Å². The number of esters is 1. The molecule has 0 N–H and O–H groups in total. The minimum absolute atomic E-state index is 0.0135. The van der Waals surface area contributed by atoms with Crippen molar-refractivity contribution in [1.29, 1.82) is 0 Å². The molecular weight excluding hydrogens is 212 g/mol. The summed E-state index contributed by atoms with van der Waals surface area (Å²) in [7, 11) is 0. The molecule has 1 fully saturated rings. The lowest BCUT2D eigenvalue weighted by molar-refractivity contribution is -0.151. The van der Waals surface area contributed by atoms with Crippen LogP contribution in [0.25, 0.3) is 0 Å². The molecule has 0 spiro atoms. The van der Waals surface area contributed by atoms with Crippen LogP contribution in [0.15, 0.2) is 30.3 Å². The molecule has 2 heteroatoms. The molecule has 1 aromatic carbocycles. The van der Waals surface area contributed by atoms with Crippen LogP contribution in [0.5, 0.6) is 0 Å². The molecule has 0 unspecified atom stereocenters. The van der Waals surface area contributed by atoms with Gasteiger partial charge in [0.2, 0.25) is 0 Å². The summed E-state index contributed by atoms with van der Waals surface area (Å²) >= 11 is 0. The predicted molar refractivity (Wildman–Crippen MR) is 67.4 cm³/mol. The van der Waals surface area contributed by atoms with E-state index in [1.54, 1.807) is 0 Å². The molecule has 0 saturated heterocycles. The molecule has 1 aliphatic rings. The largest absolute Gasteiger partial charge is 0.461 e. The number of ether oxygens (including phenoxy) is 1. The van der Waals surface area contributed by atoms with Crippen molar-refractivity contribution in [2.24, 2.45) is 11.8 Å². The lowest BCUT2D eigenvalue weighted by atomic mass is 9.82. The molecule has 0 amide bonds. The first-order chi connectivity index (χ1) is 8.25. The second-order valence-electron chi connectivity index (χ2n) is 5.06. The van der Waals surface area contributed by atoms with Gasteiger partial charge in [-0.3, -0.25) is 4.79 Å². The van der Waals surface area contributed by atoms with Gasteiger partial charge < -0.3 is 4.74 Å². The van der Waals surface area contributed by atoms with E-state index < -0.39 is 0 Å². The molecule has 2 nitrogen and oxygen atoms in total. The van der Waals surface area contributed by atoms with Crippen molar-refractivity contribution in [1.82, 2.24) is 0 Å². The summed E-state index contributed by atoms with van der Waals surface area (Å²) in [4.78, 5) is 11.9. The van der Waals surface area contributed by atoms with Crippen LogP contribution in [0, 0.1) is 11.8 Å². The van der Waals surface area contributed by atoms with Crippen LogP contribution in [0.2, 0.25) is 0 Å². The van der Waals surface area contributed by atoms with Crippen LogP contribution in [0.3, 0.4) is 0 Å². The summed E-state index contributed by atoms with van der Waals surface area (Å²) in [5.41, 5.74) is 1.06. The van der Waals surface area contributed by atoms with Crippen molar-refractivity contribution < 1.29 is 9.53 Å². The van der Waals surface area contributed by atoms with Gasteiger partial charge in [-0.15, -0.1) is 0 Å². The summed E-state index contributed by atoms with van der Waals surface area (Å²) in [6.45, 7) is 2.63. The SMILES string of the molecule is C[C@H]1CCC[C@@H](C(=O)OCc2ccccc2)C1. The van der Waals surface area contributed by atoms with Gasteiger partial charge in [0.15, 0.2) is 0 Å². The van der Waals surface area contributed by atoms with Crippen molar-refractivity contribution >= 4 is 5.97 Å². The maximum absolute atomic E-state index is 11.9. The second kappa shape index (κ2) is 5.85. The van der Waals surface area contributed by atoms with Crippen molar-refractivity contribution in [2.45, 2.75) is 39.2 Å². The van der Waals surface area contributed by atoms with E-state index in [0.717, 1.165) is 24.8 Å². The zero-order chi connectivity index (χ0) is 12.1. The third kappa shape index (κ3) is 3.58. The van der Waals surface area contributed by atoms with E-state index in [2.05, 4.69) is 6.92 Å². The number of hydrogen-bond acceptors (Lipinski definition) is 2. The standard InChI is InChI=1S/C15H20O2/c1-12-6-5-9-14(10-12)15(16)17-11-13-7-3-2-4-8-13/h2-4,7-8,12,14H,5-6,9-11H2,1H3/t12-,14+/m0/s1. The Morgan fingerprint density at radius 1 is 1.29 bits per heavy atom. The highest BCUT2D eigenvalue weighted by Crippen LogP contribution is 2.29. The molecule has 0 aliphatic heterocycles. The molecule has 1 saturated carbocycles. The van der Waals surface area contributed by atoms with Gasteiger partial charge in [0.25, 0.3) is 0 Å². The molecule has 0 bridgehead atoms. The molecular formula is C15H20O2. The Morgan fingerprint density at radius 3 is 2.76 bits per heavy atom. The summed E-state index contributed by atoms with van der Waals surface area (Å²) in [6, 6.07) is 9.86. The van der Waals surface area contributed by atoms with Gasteiger partial charge in [-0.2, -0.15) is 0 Å². The van der Waals surface area contributed by atoms with Crippen LogP contribution in [0.1, 0.15) is 38.2 Å². The van der Waals surface area contributed by atoms with Gasteiger partial charge in [-0.25, -0.2) is 0 Å². The predicted octanol–water partition coefficient (Wildman–Crippen LogP) is 3.56. The van der Waals surface area contributed by atoms with Crippen LogP contribution < -0.4 is 0 Å². The molecule has 0 radical (unpaired) electrons. The first-order valence-corrected chi connectivity index (χ1v) is 6.46. The monoisotopic (exact) mass is 232 g/mol. The molecule has 1 aromatic rings. The smallest absolute Gasteiger partial charge is 0.309 e. The van der Waals surface area contributed by atoms with E-state index >= 15 is 0 Å². The van der Waals surface area contributed by atoms with E-state index in [1.165, 1.54) is 6.42 Å². The average molecular weight is 232 g/mol.